The number of aldehydes is 2. The predicted octanol–water partition coefficient (Wildman–Crippen LogP) is 5.19. The molecule has 0 radical (unpaired) electrons. The van der Waals surface area contributed by atoms with E-state index in [9.17, 15) is 48.3 Å². The van der Waals surface area contributed by atoms with Crippen LogP contribution in [0.1, 0.15) is 117 Å². The summed E-state index contributed by atoms with van der Waals surface area (Å²) in [7, 11) is 5.88. The van der Waals surface area contributed by atoms with Crippen LogP contribution in [-0.2, 0) is 60.6 Å². The number of nitrogens with one attached hydrogen (secondary N) is 4. The standard InChI is InChI=1S/C58H77ClN6O15S/c1-35-10-9-11-45(77-8)58(75)29-47(79-55(74)63-58)57(4)34-56(3,80-57)46(28-51(71)65(6)43-26-39(24-35)27-44(76-7)52(43)59)78-54(73)36(2)64(5)50(70)20-23-81-33-49(69)60-21-22-61-53(72)40-16-13-38(14-17-40)30-62-48(68)19-15-37-12-18-41(31-66)42(25-37)32-67/h9-12,18,25-27,31-32,36,38,40,45-47,75H,13-17,19-24,28-30,33-34H2,1-8H3,(H,60,69)(H,61,72)(H,62,68)(H,63,74)/b11-9+,35-10+/t36-,38?,40?,45?,46-,47?,56?,57?,58?/m0/s1. The highest BCUT2D eigenvalue weighted by atomic mass is 35.5. The van der Waals surface area contributed by atoms with E-state index < -0.39 is 65.2 Å². The van der Waals surface area contributed by atoms with Crippen molar-refractivity contribution in [3.05, 3.63) is 81.4 Å². The summed E-state index contributed by atoms with van der Waals surface area (Å²) in [6, 6.07) is 7.34. The number of esters is 1. The third kappa shape index (κ3) is 16.7. The molecule has 2 aromatic carbocycles. The average Bonchev–Trinajstić information content (AvgIpc) is 3.56. The van der Waals surface area contributed by atoms with E-state index in [1.54, 1.807) is 63.4 Å². The molecule has 7 rings (SSSR count). The quantitative estimate of drug-likeness (QED) is 0.0611. The molecule has 23 heteroatoms. The van der Waals surface area contributed by atoms with Crippen LogP contribution >= 0.6 is 23.4 Å². The van der Waals surface area contributed by atoms with Crippen molar-refractivity contribution >= 4 is 83.2 Å². The number of ether oxygens (including phenoxy) is 5. The SMILES string of the molecule is COc1cc2cc(c1Cl)N(C)C(=O)C[C@H](OC(=O)[C@H](C)N(C)C(=O)CCSCC(=O)NCCNC(=O)C1CCC(CNC(=O)CCc3ccc(C=O)c(C=O)c3)CC1)C1(C)CC(C)(O1)C1CC(O)(NC(=O)O1)C(OC)/C=C/C=C(\C)C2. The largest absolute Gasteiger partial charge is 0.495 e. The maximum absolute atomic E-state index is 14.4. The smallest absolute Gasteiger partial charge is 0.409 e. The van der Waals surface area contributed by atoms with Crippen LogP contribution in [0, 0.1) is 11.8 Å². The van der Waals surface area contributed by atoms with E-state index in [2.05, 4.69) is 21.3 Å². The molecule has 81 heavy (non-hydrogen) atoms. The van der Waals surface area contributed by atoms with Gasteiger partial charge in [0.25, 0.3) is 0 Å². The molecular weight excluding hydrogens is 1090 g/mol. The molecule has 4 aliphatic heterocycles. The van der Waals surface area contributed by atoms with Crippen LogP contribution in [0.2, 0.25) is 5.02 Å². The van der Waals surface area contributed by atoms with Gasteiger partial charge >= 0.3 is 12.1 Å². The molecule has 3 fully saturated rings. The number of amides is 6. The number of benzene rings is 2. The molecule has 2 aromatic rings. The first kappa shape index (κ1) is 63.8. The van der Waals surface area contributed by atoms with Crippen molar-refractivity contribution in [3.8, 4) is 5.75 Å². The number of aliphatic hydroxyl groups is 1. The highest BCUT2D eigenvalue weighted by Gasteiger charge is 2.63. The van der Waals surface area contributed by atoms with E-state index in [1.807, 2.05) is 13.0 Å². The minimum absolute atomic E-state index is 0.00840. The van der Waals surface area contributed by atoms with Crippen LogP contribution in [0.4, 0.5) is 10.5 Å². The van der Waals surface area contributed by atoms with Gasteiger partial charge in [-0.05, 0) is 101 Å². The van der Waals surface area contributed by atoms with Gasteiger partial charge in [-0.15, -0.1) is 0 Å². The topological polar surface area (TPSA) is 275 Å². The zero-order chi connectivity index (χ0) is 59.2. The van der Waals surface area contributed by atoms with E-state index in [1.165, 1.54) is 49.8 Å². The molecule has 5 unspecified atom stereocenters. The van der Waals surface area contributed by atoms with Crippen molar-refractivity contribution < 1.29 is 71.9 Å². The first-order valence-electron chi connectivity index (χ1n) is 27.2. The van der Waals surface area contributed by atoms with Gasteiger partial charge in [0.15, 0.2) is 18.3 Å². The third-order valence-corrected chi connectivity index (χ3v) is 17.1. The van der Waals surface area contributed by atoms with E-state index >= 15 is 0 Å². The summed E-state index contributed by atoms with van der Waals surface area (Å²) < 4.78 is 29.7. The number of hydrogen-bond donors (Lipinski definition) is 5. The lowest BCUT2D eigenvalue weighted by atomic mass is 9.72. The van der Waals surface area contributed by atoms with Crippen molar-refractivity contribution in [2.45, 2.75) is 140 Å². The van der Waals surface area contributed by atoms with Gasteiger partial charge in [-0.2, -0.15) is 11.8 Å². The number of fused-ring (bicyclic) bond motifs is 6. The molecule has 442 valence electrons. The van der Waals surface area contributed by atoms with Crippen LogP contribution in [0.5, 0.6) is 5.75 Å². The minimum atomic E-state index is -1.91. The summed E-state index contributed by atoms with van der Waals surface area (Å²) in [5.74, 6) is -1.45. The number of thioether (sulfide) groups is 1. The number of hydrogen-bond acceptors (Lipinski definition) is 16. The number of aryl methyl sites for hydroxylation is 1. The summed E-state index contributed by atoms with van der Waals surface area (Å²) in [4.78, 5) is 118. The highest BCUT2D eigenvalue weighted by molar-refractivity contribution is 7.99. The number of anilines is 1. The van der Waals surface area contributed by atoms with E-state index in [0.29, 0.717) is 67.4 Å². The van der Waals surface area contributed by atoms with Crippen molar-refractivity contribution in [1.82, 2.24) is 26.2 Å². The number of nitrogens with zero attached hydrogens (tertiary/aromatic N) is 2. The van der Waals surface area contributed by atoms with E-state index in [0.717, 1.165) is 29.5 Å². The van der Waals surface area contributed by atoms with Gasteiger partial charge in [0.2, 0.25) is 29.5 Å². The van der Waals surface area contributed by atoms with Crippen molar-refractivity contribution in [2.24, 2.45) is 11.8 Å². The lowest BCUT2D eigenvalue weighted by Gasteiger charge is -2.59. The Morgan fingerprint density at radius 1 is 0.975 bits per heavy atom. The fourth-order valence-corrected chi connectivity index (χ4v) is 11.9. The van der Waals surface area contributed by atoms with Gasteiger partial charge < -0.3 is 54.5 Å². The Hall–Kier alpha value is -6.33. The predicted molar refractivity (Wildman–Crippen MR) is 303 cm³/mol. The average molecular weight is 1170 g/mol. The number of likely N-dealkylation sites (N-methyl/N-ethyl adjacent to an activating group) is 1. The van der Waals surface area contributed by atoms with Gasteiger partial charge in [0, 0.05) is 89.3 Å². The first-order chi connectivity index (χ1) is 38.4. The molecule has 6 amide bonds. The molecule has 21 nitrogen and oxygen atoms in total. The Labute approximate surface area is 482 Å². The van der Waals surface area contributed by atoms with Crippen LogP contribution in [0.3, 0.4) is 0 Å². The Bertz CT molecular complexity index is 2730. The maximum Gasteiger partial charge on any atom is 0.409 e. The molecule has 2 saturated heterocycles. The number of methoxy groups -OCH3 is 2. The lowest BCUT2D eigenvalue weighted by molar-refractivity contribution is -0.328. The molecule has 0 aromatic heterocycles. The summed E-state index contributed by atoms with van der Waals surface area (Å²) in [5.41, 5.74) is -1.06. The van der Waals surface area contributed by atoms with Gasteiger partial charge in [0.05, 0.1) is 25.0 Å². The van der Waals surface area contributed by atoms with Crippen molar-refractivity contribution in [3.63, 3.8) is 0 Å². The van der Waals surface area contributed by atoms with Crippen molar-refractivity contribution in [2.75, 3.05) is 64.4 Å². The van der Waals surface area contributed by atoms with Crippen molar-refractivity contribution in [1.29, 1.82) is 0 Å². The maximum atomic E-state index is 14.4. The van der Waals surface area contributed by atoms with Gasteiger partial charge in [-0.1, -0.05) is 47.5 Å². The zero-order valence-corrected chi connectivity index (χ0v) is 49.0. The number of carbonyl (C=O) groups excluding carboxylic acids is 9. The second-order valence-electron chi connectivity index (χ2n) is 21.8. The Balaban J connectivity index is 0.957. The second kappa shape index (κ2) is 28.6. The molecule has 4 heterocycles. The summed E-state index contributed by atoms with van der Waals surface area (Å²) in [6.07, 6.45) is 5.86. The molecular formula is C58H77ClN6O15S. The number of alkyl carbamates (subject to hydrolysis) is 1. The normalized spacial score (nSPS) is 27.1. The molecule has 5 aliphatic rings. The third-order valence-electron chi connectivity index (χ3n) is 15.7. The number of carbonyl (C=O) groups is 9. The van der Waals surface area contributed by atoms with Gasteiger partial charge in [-0.25, -0.2) is 9.59 Å². The first-order valence-corrected chi connectivity index (χ1v) is 28.8. The Morgan fingerprint density at radius 3 is 2.36 bits per heavy atom. The summed E-state index contributed by atoms with van der Waals surface area (Å²) in [5, 5.41) is 23.2. The molecule has 1 saturated carbocycles. The van der Waals surface area contributed by atoms with Crippen LogP contribution in [-0.4, -0.2) is 165 Å². The monoisotopic (exact) mass is 1160 g/mol. The second-order valence-corrected chi connectivity index (χ2v) is 23.3. The highest BCUT2D eigenvalue weighted by Crippen LogP contribution is 2.50. The van der Waals surface area contributed by atoms with E-state index in [-0.39, 0.29) is 91.3 Å². The molecule has 6 bridgehead atoms. The van der Waals surface area contributed by atoms with Crippen LogP contribution < -0.4 is 30.9 Å². The Morgan fingerprint density at radius 2 is 1.68 bits per heavy atom. The van der Waals surface area contributed by atoms with Gasteiger partial charge in [0.1, 0.15) is 46.3 Å². The molecule has 5 N–H and O–H groups in total. The van der Waals surface area contributed by atoms with Gasteiger partial charge in [-0.3, -0.25) is 38.9 Å². The fourth-order valence-electron chi connectivity index (χ4n) is 10.8. The number of allylic oxidation sites excluding steroid dienone is 3. The zero-order valence-electron chi connectivity index (χ0n) is 47.4. The fraction of sp³-hybridized carbons (Fsp3) is 0.569. The number of halogens is 1. The van der Waals surface area contributed by atoms with Crippen LogP contribution in [0.25, 0.3) is 0 Å². The Kier molecular flexibility index (Phi) is 22.5. The summed E-state index contributed by atoms with van der Waals surface area (Å²) in [6.45, 7) is 7.74. The summed E-state index contributed by atoms with van der Waals surface area (Å²) >= 11 is 8.05. The van der Waals surface area contributed by atoms with E-state index in [4.69, 9.17) is 35.3 Å². The minimum Gasteiger partial charge on any atom is -0.495 e. The van der Waals surface area contributed by atoms with Crippen LogP contribution in [0.15, 0.2) is 54.1 Å². The number of rotatable bonds is 21. The lowest BCUT2D eigenvalue weighted by Crippen LogP contribution is -2.72. The molecule has 0 spiro atoms. The molecule has 1 aliphatic carbocycles. The molecule has 7 atom stereocenters.